The van der Waals surface area contributed by atoms with Gasteiger partial charge in [-0.05, 0) is 47.1 Å². The van der Waals surface area contributed by atoms with Gasteiger partial charge in [0.1, 0.15) is 5.82 Å². The number of ketones is 1. The first-order valence-corrected chi connectivity index (χ1v) is 6.89. The van der Waals surface area contributed by atoms with Crippen LogP contribution in [-0.2, 0) is 0 Å². The van der Waals surface area contributed by atoms with Crippen LogP contribution in [0.3, 0.4) is 0 Å². The minimum atomic E-state index is -0.365. The van der Waals surface area contributed by atoms with E-state index < -0.39 is 0 Å². The quantitative estimate of drug-likeness (QED) is 0.482. The fourth-order valence-electron chi connectivity index (χ4n) is 1.19. The second kappa shape index (κ2) is 6.44. The number of ether oxygens (including phenoxy) is 1. The zero-order valence-corrected chi connectivity index (χ0v) is 11.5. The van der Waals surface area contributed by atoms with Crippen molar-refractivity contribution in [3.63, 3.8) is 0 Å². The zero-order chi connectivity index (χ0) is 13.7. The van der Waals surface area contributed by atoms with Crippen LogP contribution in [0.1, 0.15) is 10.4 Å². The monoisotopic (exact) mass is 296 g/mol. The normalized spacial score (nSPS) is 10.8. The summed E-state index contributed by atoms with van der Waals surface area (Å²) in [6, 6.07) is 5.40. The highest BCUT2D eigenvalue weighted by atomic mass is 32.2. The van der Waals surface area contributed by atoms with Crippen LogP contribution in [0.15, 0.2) is 40.1 Å². The molecule has 0 aliphatic rings. The van der Waals surface area contributed by atoms with Gasteiger partial charge in [0.2, 0.25) is 0 Å². The summed E-state index contributed by atoms with van der Waals surface area (Å²) >= 11 is 2.56. The second-order valence-electron chi connectivity index (χ2n) is 3.33. The summed E-state index contributed by atoms with van der Waals surface area (Å²) in [6.45, 7) is 0. The van der Waals surface area contributed by atoms with Gasteiger partial charge in [-0.1, -0.05) is 16.9 Å². The largest absolute Gasteiger partial charge is 0.472 e. The number of methoxy groups -OCH3 is 1. The topological polar surface area (TPSA) is 52.1 Å². The second-order valence-corrected chi connectivity index (χ2v) is 5.42. The number of benzene rings is 1. The number of halogens is 1. The van der Waals surface area contributed by atoms with Crippen LogP contribution in [0.5, 0.6) is 5.19 Å². The predicted molar refractivity (Wildman–Crippen MR) is 72.2 cm³/mol. The lowest BCUT2D eigenvalue weighted by atomic mass is 10.1. The molecule has 0 aliphatic heterocycles. The summed E-state index contributed by atoms with van der Waals surface area (Å²) in [5.74, 6) is -0.556. The lowest BCUT2D eigenvalue weighted by Crippen LogP contribution is -1.93. The Hall–Kier alpha value is -1.73. The van der Waals surface area contributed by atoms with E-state index in [0.717, 1.165) is 0 Å². The molecular formula is C12H9FN2O2S2. The third-order valence-electron chi connectivity index (χ3n) is 2.08. The molecule has 0 saturated carbocycles. The van der Waals surface area contributed by atoms with Gasteiger partial charge in [0, 0.05) is 5.56 Å². The van der Waals surface area contributed by atoms with E-state index in [1.165, 1.54) is 60.5 Å². The summed E-state index contributed by atoms with van der Waals surface area (Å²) < 4.78 is 18.3. The van der Waals surface area contributed by atoms with E-state index in [9.17, 15) is 9.18 Å². The maximum atomic E-state index is 12.7. The predicted octanol–water partition coefficient (Wildman–Crippen LogP) is 3.17. The van der Waals surface area contributed by atoms with Gasteiger partial charge in [-0.25, -0.2) is 4.39 Å². The average molecular weight is 296 g/mol. The van der Waals surface area contributed by atoms with Gasteiger partial charge in [-0.2, -0.15) is 0 Å². The molecule has 0 N–H and O–H groups in total. The Morgan fingerprint density at radius 2 is 2.11 bits per heavy atom. The standard InChI is InChI=1S/C12H9FN2O2S2/c1-17-11-14-15-12(19-11)18-7-6-10(16)8-2-4-9(13)5-3-8/h2-7H,1H3/b7-6+. The molecule has 19 heavy (non-hydrogen) atoms. The zero-order valence-electron chi connectivity index (χ0n) is 9.87. The van der Waals surface area contributed by atoms with E-state index in [2.05, 4.69) is 10.2 Å². The van der Waals surface area contributed by atoms with Crippen molar-refractivity contribution in [2.24, 2.45) is 0 Å². The number of aromatic nitrogens is 2. The van der Waals surface area contributed by atoms with Gasteiger partial charge >= 0.3 is 0 Å². The number of carbonyl (C=O) groups excluding carboxylic acids is 1. The smallest absolute Gasteiger partial charge is 0.294 e. The van der Waals surface area contributed by atoms with Crippen LogP contribution < -0.4 is 4.74 Å². The van der Waals surface area contributed by atoms with Gasteiger partial charge in [-0.3, -0.25) is 4.79 Å². The fourth-order valence-corrected chi connectivity index (χ4v) is 2.56. The van der Waals surface area contributed by atoms with E-state index >= 15 is 0 Å². The Labute approximate surface area is 117 Å². The van der Waals surface area contributed by atoms with Crippen LogP contribution in [0.25, 0.3) is 0 Å². The SMILES string of the molecule is COc1nnc(S/C=C/C(=O)c2ccc(F)cc2)s1. The van der Waals surface area contributed by atoms with Gasteiger partial charge in [0.05, 0.1) is 7.11 Å². The van der Waals surface area contributed by atoms with Gasteiger partial charge in [-0.15, -0.1) is 5.10 Å². The van der Waals surface area contributed by atoms with Crippen LogP contribution in [0.2, 0.25) is 0 Å². The lowest BCUT2D eigenvalue weighted by molar-refractivity contribution is 0.104. The van der Waals surface area contributed by atoms with Crippen molar-refractivity contribution < 1.29 is 13.9 Å². The van der Waals surface area contributed by atoms with Crippen molar-refractivity contribution in [1.29, 1.82) is 0 Å². The van der Waals surface area contributed by atoms with Crippen molar-refractivity contribution in [2.45, 2.75) is 4.34 Å². The number of thioether (sulfide) groups is 1. The van der Waals surface area contributed by atoms with E-state index in [0.29, 0.717) is 15.1 Å². The average Bonchev–Trinajstić information content (AvgIpc) is 2.87. The molecule has 0 aliphatic carbocycles. The molecule has 1 aromatic heterocycles. The molecule has 1 aromatic carbocycles. The molecule has 0 unspecified atom stereocenters. The third kappa shape index (κ3) is 3.87. The Bertz CT molecular complexity index is 596. The molecule has 0 atom stereocenters. The molecule has 4 nitrogen and oxygen atoms in total. The molecule has 2 rings (SSSR count). The molecule has 0 radical (unpaired) electrons. The maximum absolute atomic E-state index is 12.7. The number of hydrogen-bond acceptors (Lipinski definition) is 6. The molecule has 98 valence electrons. The number of rotatable bonds is 5. The van der Waals surface area contributed by atoms with Crippen LogP contribution >= 0.6 is 23.1 Å². The van der Waals surface area contributed by atoms with E-state index in [1.54, 1.807) is 5.41 Å². The Kier molecular flexibility index (Phi) is 4.64. The van der Waals surface area contributed by atoms with Crippen molar-refractivity contribution in [2.75, 3.05) is 7.11 Å². The van der Waals surface area contributed by atoms with Crippen LogP contribution in [-0.4, -0.2) is 23.1 Å². The fraction of sp³-hybridized carbons (Fsp3) is 0.0833. The first kappa shape index (κ1) is 13.7. The minimum absolute atomic E-state index is 0.191. The van der Waals surface area contributed by atoms with Gasteiger partial charge in [0.15, 0.2) is 10.1 Å². The number of hydrogen-bond donors (Lipinski definition) is 0. The van der Waals surface area contributed by atoms with E-state index in [4.69, 9.17) is 4.74 Å². The van der Waals surface area contributed by atoms with Gasteiger partial charge in [0.25, 0.3) is 5.19 Å². The summed E-state index contributed by atoms with van der Waals surface area (Å²) in [7, 11) is 1.52. The van der Waals surface area contributed by atoms with Crippen molar-refractivity contribution in [3.05, 3.63) is 47.1 Å². The Balaban J connectivity index is 1.95. The third-order valence-corrected chi connectivity index (χ3v) is 3.85. The van der Waals surface area contributed by atoms with Crippen molar-refractivity contribution in [3.8, 4) is 5.19 Å². The molecule has 0 fully saturated rings. The molecule has 7 heteroatoms. The summed E-state index contributed by atoms with van der Waals surface area (Å²) in [6.07, 6.45) is 1.41. The minimum Gasteiger partial charge on any atom is -0.472 e. The summed E-state index contributed by atoms with van der Waals surface area (Å²) in [4.78, 5) is 11.7. The highest BCUT2D eigenvalue weighted by Crippen LogP contribution is 2.27. The lowest BCUT2D eigenvalue weighted by Gasteiger charge is -1.94. The number of nitrogens with zero attached hydrogens (tertiary/aromatic N) is 2. The van der Waals surface area contributed by atoms with Gasteiger partial charge < -0.3 is 4.74 Å². The highest BCUT2D eigenvalue weighted by molar-refractivity contribution is 8.03. The first-order chi connectivity index (χ1) is 9.19. The molecular weight excluding hydrogens is 287 g/mol. The van der Waals surface area contributed by atoms with E-state index in [1.807, 2.05) is 0 Å². The number of carbonyl (C=O) groups is 1. The van der Waals surface area contributed by atoms with Crippen LogP contribution in [0, 0.1) is 5.82 Å². The van der Waals surface area contributed by atoms with E-state index in [-0.39, 0.29) is 11.6 Å². The van der Waals surface area contributed by atoms with Crippen molar-refractivity contribution in [1.82, 2.24) is 10.2 Å². The molecule has 0 bridgehead atoms. The Morgan fingerprint density at radius 3 is 2.74 bits per heavy atom. The maximum Gasteiger partial charge on any atom is 0.294 e. The van der Waals surface area contributed by atoms with Crippen molar-refractivity contribution >= 4 is 28.9 Å². The summed E-state index contributed by atoms with van der Waals surface area (Å²) in [5, 5.41) is 9.72. The number of allylic oxidation sites excluding steroid dienone is 1. The van der Waals surface area contributed by atoms with Crippen LogP contribution in [0.4, 0.5) is 4.39 Å². The molecule has 1 heterocycles. The first-order valence-electron chi connectivity index (χ1n) is 5.19. The Morgan fingerprint density at radius 1 is 1.37 bits per heavy atom. The molecule has 2 aromatic rings. The molecule has 0 saturated heterocycles. The molecule has 0 spiro atoms. The molecule has 0 amide bonds. The highest BCUT2D eigenvalue weighted by Gasteiger charge is 2.04. The summed E-state index contributed by atoms with van der Waals surface area (Å²) in [5.41, 5.74) is 0.438.